The molecule has 0 aliphatic heterocycles. The van der Waals surface area contributed by atoms with Gasteiger partial charge in [0.2, 0.25) is 0 Å². The minimum absolute atomic E-state index is 0.147. The summed E-state index contributed by atoms with van der Waals surface area (Å²) in [5.74, 6) is 0. The third-order valence-corrected chi connectivity index (χ3v) is 2.23. The Morgan fingerprint density at radius 1 is 1.50 bits per heavy atom. The third-order valence-electron chi connectivity index (χ3n) is 1.89. The van der Waals surface area contributed by atoms with E-state index in [1.54, 1.807) is 6.07 Å². The van der Waals surface area contributed by atoms with Crippen LogP contribution in [0.25, 0.3) is 0 Å². The summed E-state index contributed by atoms with van der Waals surface area (Å²) in [5, 5.41) is 11.5. The number of hydrogen-bond donors (Lipinski definition) is 2. The molecule has 0 fully saturated rings. The van der Waals surface area contributed by atoms with Crippen LogP contribution in [-0.4, -0.2) is 28.9 Å². The smallest absolute Gasteiger partial charge is 0.382 e. The van der Waals surface area contributed by atoms with Gasteiger partial charge in [-0.3, -0.25) is 4.98 Å². The Morgan fingerprint density at radius 2 is 2.19 bits per heavy atom. The Kier molecular flexibility index (Phi) is 4.52. The van der Waals surface area contributed by atoms with E-state index in [1.165, 1.54) is 12.4 Å². The highest BCUT2D eigenvalue weighted by molar-refractivity contribution is 6.31. The number of rotatable bonds is 4. The summed E-state index contributed by atoms with van der Waals surface area (Å²) < 4.78 is 35.8. The van der Waals surface area contributed by atoms with Crippen molar-refractivity contribution in [2.75, 3.05) is 6.54 Å². The monoisotopic (exact) mass is 254 g/mol. The van der Waals surface area contributed by atoms with Gasteiger partial charge in [-0.15, -0.1) is 0 Å². The van der Waals surface area contributed by atoms with Gasteiger partial charge in [-0.25, -0.2) is 0 Å². The van der Waals surface area contributed by atoms with E-state index < -0.39 is 18.8 Å². The highest BCUT2D eigenvalue weighted by atomic mass is 35.5. The fraction of sp³-hybridized carbons (Fsp3) is 0.444. The van der Waals surface area contributed by atoms with Gasteiger partial charge in [0.1, 0.15) is 0 Å². The number of pyridine rings is 1. The molecule has 0 aliphatic rings. The Balaban J connectivity index is 2.40. The Labute approximate surface area is 95.3 Å². The first-order chi connectivity index (χ1) is 7.41. The van der Waals surface area contributed by atoms with Gasteiger partial charge in [0.05, 0.1) is 5.02 Å². The predicted molar refractivity (Wildman–Crippen MR) is 53.0 cm³/mol. The van der Waals surface area contributed by atoms with Crippen LogP contribution in [0.15, 0.2) is 18.5 Å². The summed E-state index contributed by atoms with van der Waals surface area (Å²) >= 11 is 5.74. The van der Waals surface area contributed by atoms with Gasteiger partial charge in [-0.2, -0.15) is 13.2 Å². The van der Waals surface area contributed by atoms with Gasteiger partial charge >= 0.3 is 6.18 Å². The Hall–Kier alpha value is -0.850. The lowest BCUT2D eigenvalue weighted by Crippen LogP contribution is -2.38. The van der Waals surface area contributed by atoms with Crippen molar-refractivity contribution in [1.29, 1.82) is 0 Å². The van der Waals surface area contributed by atoms with Crippen LogP contribution in [0.3, 0.4) is 0 Å². The van der Waals surface area contributed by atoms with Crippen molar-refractivity contribution in [2.24, 2.45) is 0 Å². The lowest BCUT2D eigenvalue weighted by atomic mass is 10.2. The number of halogens is 4. The maximum absolute atomic E-state index is 11.9. The maximum atomic E-state index is 11.9. The second-order valence-electron chi connectivity index (χ2n) is 3.16. The third kappa shape index (κ3) is 3.96. The van der Waals surface area contributed by atoms with Crippen LogP contribution in [0.4, 0.5) is 13.2 Å². The zero-order valence-electron chi connectivity index (χ0n) is 8.13. The van der Waals surface area contributed by atoms with Crippen LogP contribution < -0.4 is 5.32 Å². The molecule has 1 aromatic heterocycles. The second kappa shape index (κ2) is 5.47. The maximum Gasteiger partial charge on any atom is 0.415 e. The molecule has 1 aromatic rings. The fourth-order valence-electron chi connectivity index (χ4n) is 1.01. The van der Waals surface area contributed by atoms with E-state index in [4.69, 9.17) is 16.7 Å². The van der Waals surface area contributed by atoms with Gasteiger partial charge in [0.25, 0.3) is 0 Å². The zero-order chi connectivity index (χ0) is 12.2. The standard InChI is InChI=1S/C9H10ClF3N2O/c10-7-4-14-2-1-6(7)3-15-5-8(16)9(11,12)13/h1-2,4,8,15-16H,3,5H2. The topological polar surface area (TPSA) is 45.1 Å². The zero-order valence-corrected chi connectivity index (χ0v) is 8.89. The second-order valence-corrected chi connectivity index (χ2v) is 3.56. The van der Waals surface area contributed by atoms with Crippen molar-refractivity contribution in [3.8, 4) is 0 Å². The number of nitrogens with one attached hydrogen (secondary N) is 1. The Morgan fingerprint density at radius 3 is 2.75 bits per heavy atom. The SMILES string of the molecule is OC(CNCc1ccncc1Cl)C(F)(F)F. The number of aromatic nitrogens is 1. The van der Waals surface area contributed by atoms with E-state index in [1.807, 2.05) is 0 Å². The van der Waals surface area contributed by atoms with E-state index >= 15 is 0 Å². The number of alkyl halides is 3. The van der Waals surface area contributed by atoms with Crippen molar-refractivity contribution >= 4 is 11.6 Å². The molecule has 1 rings (SSSR count). The molecule has 0 amide bonds. The summed E-state index contributed by atoms with van der Waals surface area (Å²) in [4.78, 5) is 3.74. The number of aliphatic hydroxyl groups excluding tert-OH is 1. The normalized spacial score (nSPS) is 13.8. The number of hydrogen-bond acceptors (Lipinski definition) is 3. The highest BCUT2D eigenvalue weighted by Gasteiger charge is 2.37. The molecule has 0 bridgehead atoms. The first-order valence-corrected chi connectivity index (χ1v) is 4.83. The fourth-order valence-corrected chi connectivity index (χ4v) is 1.19. The lowest BCUT2D eigenvalue weighted by Gasteiger charge is -2.15. The molecule has 2 N–H and O–H groups in total. The van der Waals surface area contributed by atoms with Gasteiger partial charge < -0.3 is 10.4 Å². The van der Waals surface area contributed by atoms with Crippen LogP contribution in [0, 0.1) is 0 Å². The van der Waals surface area contributed by atoms with Crippen molar-refractivity contribution in [1.82, 2.24) is 10.3 Å². The lowest BCUT2D eigenvalue weighted by molar-refractivity contribution is -0.201. The molecule has 0 saturated heterocycles. The van der Waals surface area contributed by atoms with Crippen molar-refractivity contribution < 1.29 is 18.3 Å². The summed E-state index contributed by atoms with van der Waals surface area (Å²) in [6.45, 7) is -0.420. The molecule has 0 spiro atoms. The van der Waals surface area contributed by atoms with Gasteiger partial charge in [0.15, 0.2) is 6.10 Å². The van der Waals surface area contributed by atoms with E-state index in [-0.39, 0.29) is 6.54 Å². The summed E-state index contributed by atoms with van der Waals surface area (Å²) in [6, 6.07) is 1.59. The molecular formula is C9H10ClF3N2O. The van der Waals surface area contributed by atoms with Gasteiger partial charge in [0, 0.05) is 25.5 Å². The molecule has 1 unspecified atom stereocenters. The first kappa shape index (κ1) is 13.2. The predicted octanol–water partition coefficient (Wildman–Crippen LogP) is 1.75. The van der Waals surface area contributed by atoms with Crippen LogP contribution >= 0.6 is 11.6 Å². The Bertz CT molecular complexity index is 346. The van der Waals surface area contributed by atoms with Crippen LogP contribution in [0.1, 0.15) is 5.56 Å². The van der Waals surface area contributed by atoms with E-state index in [0.717, 1.165) is 0 Å². The van der Waals surface area contributed by atoms with Crippen LogP contribution in [-0.2, 0) is 6.54 Å². The van der Waals surface area contributed by atoms with Crippen molar-refractivity contribution in [2.45, 2.75) is 18.8 Å². The van der Waals surface area contributed by atoms with E-state index in [9.17, 15) is 13.2 Å². The van der Waals surface area contributed by atoms with E-state index in [0.29, 0.717) is 10.6 Å². The molecule has 0 aromatic carbocycles. The highest BCUT2D eigenvalue weighted by Crippen LogP contribution is 2.19. The van der Waals surface area contributed by atoms with Crippen molar-refractivity contribution in [3.63, 3.8) is 0 Å². The molecule has 0 saturated carbocycles. The molecule has 1 atom stereocenters. The molecule has 0 radical (unpaired) electrons. The quantitative estimate of drug-likeness (QED) is 0.860. The minimum atomic E-state index is -4.60. The van der Waals surface area contributed by atoms with Crippen molar-refractivity contribution in [3.05, 3.63) is 29.0 Å². The molecule has 16 heavy (non-hydrogen) atoms. The average Bonchev–Trinajstić information content (AvgIpc) is 2.19. The number of nitrogens with zero attached hydrogens (tertiary/aromatic N) is 1. The molecule has 3 nitrogen and oxygen atoms in total. The molecule has 90 valence electrons. The summed E-state index contributed by atoms with van der Waals surface area (Å²) in [7, 11) is 0. The molecule has 7 heteroatoms. The average molecular weight is 255 g/mol. The van der Waals surface area contributed by atoms with Gasteiger partial charge in [-0.1, -0.05) is 11.6 Å². The summed E-state index contributed by atoms with van der Waals surface area (Å²) in [6.07, 6.45) is -4.08. The van der Waals surface area contributed by atoms with Gasteiger partial charge in [-0.05, 0) is 11.6 Å². The molecule has 1 heterocycles. The summed E-state index contributed by atoms with van der Waals surface area (Å²) in [5.41, 5.74) is 0.631. The largest absolute Gasteiger partial charge is 0.415 e. The minimum Gasteiger partial charge on any atom is -0.382 e. The van der Waals surface area contributed by atoms with Crippen LogP contribution in [0.2, 0.25) is 5.02 Å². The first-order valence-electron chi connectivity index (χ1n) is 4.45. The number of aliphatic hydroxyl groups is 1. The van der Waals surface area contributed by atoms with Crippen LogP contribution in [0.5, 0.6) is 0 Å². The molecular weight excluding hydrogens is 245 g/mol. The van der Waals surface area contributed by atoms with E-state index in [2.05, 4.69) is 10.3 Å². The molecule has 0 aliphatic carbocycles.